The number of rotatable bonds is 1. The zero-order chi connectivity index (χ0) is 10.8. The lowest BCUT2D eigenvalue weighted by atomic mass is 9.96. The Morgan fingerprint density at radius 1 is 1.40 bits per heavy atom. The molecule has 0 saturated heterocycles. The van der Waals surface area contributed by atoms with Gasteiger partial charge in [0.05, 0.1) is 12.7 Å². The van der Waals surface area contributed by atoms with E-state index in [0.717, 1.165) is 24.2 Å². The summed E-state index contributed by atoms with van der Waals surface area (Å²) in [5, 5.41) is 9.97. The maximum absolute atomic E-state index is 9.97. The van der Waals surface area contributed by atoms with Crippen LogP contribution in [-0.4, -0.2) is 11.7 Å². The summed E-state index contributed by atoms with van der Waals surface area (Å²) in [5.74, 6) is 1.35. The molecule has 82 valence electrons. The highest BCUT2D eigenvalue weighted by Gasteiger charge is 2.20. The lowest BCUT2D eigenvalue weighted by Crippen LogP contribution is -2.01. The van der Waals surface area contributed by atoms with Gasteiger partial charge < -0.3 is 9.84 Å². The monoisotopic (exact) mass is 206 g/mol. The summed E-state index contributed by atoms with van der Waals surface area (Å²) in [4.78, 5) is 0. The lowest BCUT2D eigenvalue weighted by molar-refractivity contribution is 0.167. The largest absolute Gasteiger partial charge is 0.493 e. The minimum Gasteiger partial charge on any atom is -0.493 e. The molecule has 1 heterocycles. The van der Waals surface area contributed by atoms with E-state index in [1.54, 1.807) is 0 Å². The van der Waals surface area contributed by atoms with Gasteiger partial charge in [0.15, 0.2) is 0 Å². The van der Waals surface area contributed by atoms with Crippen LogP contribution in [-0.2, 0) is 0 Å². The van der Waals surface area contributed by atoms with Gasteiger partial charge in [-0.3, -0.25) is 0 Å². The van der Waals surface area contributed by atoms with Crippen LogP contribution in [0.15, 0.2) is 18.2 Å². The van der Waals surface area contributed by atoms with Crippen molar-refractivity contribution in [1.29, 1.82) is 0 Å². The molecular weight excluding hydrogens is 188 g/mol. The van der Waals surface area contributed by atoms with E-state index >= 15 is 0 Å². The molecule has 0 amide bonds. The highest BCUT2D eigenvalue weighted by Crippen LogP contribution is 2.37. The van der Waals surface area contributed by atoms with Gasteiger partial charge in [0.1, 0.15) is 5.75 Å². The first-order valence-electron chi connectivity index (χ1n) is 5.64. The van der Waals surface area contributed by atoms with Gasteiger partial charge in [0, 0.05) is 5.56 Å². The van der Waals surface area contributed by atoms with Crippen molar-refractivity contribution in [2.24, 2.45) is 0 Å². The number of para-hydroxylation sites is 1. The van der Waals surface area contributed by atoms with Crippen LogP contribution in [0.2, 0.25) is 0 Å². The Kier molecular flexibility index (Phi) is 2.96. The quantitative estimate of drug-likeness (QED) is 0.765. The number of hydrogen-bond donors (Lipinski definition) is 1. The van der Waals surface area contributed by atoms with Crippen LogP contribution >= 0.6 is 0 Å². The summed E-state index contributed by atoms with van der Waals surface area (Å²) < 4.78 is 5.75. The molecular formula is C13H18O2. The van der Waals surface area contributed by atoms with Crippen LogP contribution in [0.25, 0.3) is 0 Å². The van der Waals surface area contributed by atoms with Gasteiger partial charge in [-0.05, 0) is 24.3 Å². The first kappa shape index (κ1) is 10.5. The Hall–Kier alpha value is -1.02. The third kappa shape index (κ3) is 2.00. The molecule has 0 saturated carbocycles. The molecule has 0 aromatic heterocycles. The maximum Gasteiger partial charge on any atom is 0.128 e. The number of fused-ring (bicyclic) bond motifs is 1. The van der Waals surface area contributed by atoms with Gasteiger partial charge >= 0.3 is 0 Å². The molecule has 0 bridgehead atoms. The SMILES string of the molecule is CC(C)c1cccc2c1OCCC[C@H]2O. The molecule has 2 nitrogen and oxygen atoms in total. The molecule has 0 aliphatic carbocycles. The molecule has 1 aliphatic rings. The molecule has 1 atom stereocenters. The van der Waals surface area contributed by atoms with Crippen LogP contribution in [0.3, 0.4) is 0 Å². The number of ether oxygens (including phenoxy) is 1. The second kappa shape index (κ2) is 4.23. The van der Waals surface area contributed by atoms with Crippen LogP contribution in [0, 0.1) is 0 Å². The van der Waals surface area contributed by atoms with Crippen molar-refractivity contribution in [3.8, 4) is 5.75 Å². The van der Waals surface area contributed by atoms with Crippen molar-refractivity contribution in [2.45, 2.75) is 38.7 Å². The van der Waals surface area contributed by atoms with E-state index < -0.39 is 0 Å². The Bertz CT molecular complexity index is 344. The predicted octanol–water partition coefficient (Wildman–Crippen LogP) is 3.02. The molecule has 2 heteroatoms. The third-order valence-electron chi connectivity index (χ3n) is 2.93. The van der Waals surface area contributed by atoms with E-state index in [-0.39, 0.29) is 6.10 Å². The predicted molar refractivity (Wildman–Crippen MR) is 60.2 cm³/mol. The molecule has 1 aromatic carbocycles. The van der Waals surface area contributed by atoms with Crippen molar-refractivity contribution in [3.63, 3.8) is 0 Å². The molecule has 1 N–H and O–H groups in total. The van der Waals surface area contributed by atoms with E-state index in [1.807, 2.05) is 12.1 Å². The molecule has 15 heavy (non-hydrogen) atoms. The van der Waals surface area contributed by atoms with E-state index in [2.05, 4.69) is 19.9 Å². The average molecular weight is 206 g/mol. The molecule has 1 aliphatic heterocycles. The molecule has 0 unspecified atom stereocenters. The first-order chi connectivity index (χ1) is 7.20. The van der Waals surface area contributed by atoms with Gasteiger partial charge in [0.25, 0.3) is 0 Å². The number of aliphatic hydroxyl groups excluding tert-OH is 1. The number of aliphatic hydroxyl groups is 1. The van der Waals surface area contributed by atoms with Crippen LogP contribution in [0.5, 0.6) is 5.75 Å². The number of benzene rings is 1. The fourth-order valence-corrected chi connectivity index (χ4v) is 2.06. The van der Waals surface area contributed by atoms with Gasteiger partial charge in [-0.1, -0.05) is 32.0 Å². The Morgan fingerprint density at radius 3 is 2.93 bits per heavy atom. The van der Waals surface area contributed by atoms with Crippen LogP contribution < -0.4 is 4.74 Å². The van der Waals surface area contributed by atoms with Crippen LogP contribution in [0.4, 0.5) is 0 Å². The third-order valence-corrected chi connectivity index (χ3v) is 2.93. The number of hydrogen-bond acceptors (Lipinski definition) is 2. The topological polar surface area (TPSA) is 29.5 Å². The van der Waals surface area contributed by atoms with E-state index in [4.69, 9.17) is 4.74 Å². The standard InChI is InChI=1S/C13H18O2/c1-9(2)10-5-3-6-11-12(14)7-4-8-15-13(10)11/h3,5-6,9,12,14H,4,7-8H2,1-2H3/t12-/m1/s1. The van der Waals surface area contributed by atoms with Crippen molar-refractivity contribution < 1.29 is 9.84 Å². The minimum absolute atomic E-state index is 0.360. The normalized spacial score (nSPS) is 20.7. The van der Waals surface area contributed by atoms with E-state index in [0.29, 0.717) is 12.5 Å². The van der Waals surface area contributed by atoms with Gasteiger partial charge in [0.2, 0.25) is 0 Å². The molecule has 1 aromatic rings. The summed E-state index contributed by atoms with van der Waals surface area (Å²) in [6.07, 6.45) is 1.36. The van der Waals surface area contributed by atoms with Crippen molar-refractivity contribution in [2.75, 3.05) is 6.61 Å². The summed E-state index contributed by atoms with van der Waals surface area (Å²) >= 11 is 0. The Morgan fingerprint density at radius 2 is 2.20 bits per heavy atom. The lowest BCUT2D eigenvalue weighted by Gasteiger charge is -2.17. The van der Waals surface area contributed by atoms with Crippen LogP contribution in [0.1, 0.15) is 49.8 Å². The van der Waals surface area contributed by atoms with Gasteiger partial charge in [-0.15, -0.1) is 0 Å². The summed E-state index contributed by atoms with van der Waals surface area (Å²) in [5.41, 5.74) is 2.16. The Labute approximate surface area is 90.9 Å². The zero-order valence-electron chi connectivity index (χ0n) is 9.36. The van der Waals surface area contributed by atoms with Crippen molar-refractivity contribution >= 4 is 0 Å². The van der Waals surface area contributed by atoms with Gasteiger partial charge in [-0.25, -0.2) is 0 Å². The summed E-state index contributed by atoms with van der Waals surface area (Å²) in [7, 11) is 0. The van der Waals surface area contributed by atoms with Gasteiger partial charge in [-0.2, -0.15) is 0 Å². The van der Waals surface area contributed by atoms with E-state index in [9.17, 15) is 5.11 Å². The minimum atomic E-state index is -0.360. The summed E-state index contributed by atoms with van der Waals surface area (Å²) in [6, 6.07) is 6.06. The maximum atomic E-state index is 9.97. The molecule has 0 radical (unpaired) electrons. The fraction of sp³-hybridized carbons (Fsp3) is 0.538. The van der Waals surface area contributed by atoms with Crippen molar-refractivity contribution in [3.05, 3.63) is 29.3 Å². The first-order valence-corrected chi connectivity index (χ1v) is 5.64. The molecule has 0 spiro atoms. The average Bonchev–Trinajstić information content (AvgIpc) is 2.40. The second-order valence-corrected chi connectivity index (χ2v) is 4.43. The zero-order valence-corrected chi connectivity index (χ0v) is 9.36. The summed E-state index contributed by atoms with van der Waals surface area (Å²) in [6.45, 7) is 5.01. The fourth-order valence-electron chi connectivity index (χ4n) is 2.06. The molecule has 0 fully saturated rings. The highest BCUT2D eigenvalue weighted by molar-refractivity contribution is 5.44. The van der Waals surface area contributed by atoms with Crippen molar-refractivity contribution in [1.82, 2.24) is 0 Å². The highest BCUT2D eigenvalue weighted by atomic mass is 16.5. The van der Waals surface area contributed by atoms with E-state index in [1.165, 1.54) is 5.56 Å². The molecule has 2 rings (SSSR count). The second-order valence-electron chi connectivity index (χ2n) is 4.43. The smallest absolute Gasteiger partial charge is 0.128 e. The Balaban J connectivity index is 2.48.